The second kappa shape index (κ2) is 6.84. The van der Waals surface area contributed by atoms with Crippen LogP contribution in [0.3, 0.4) is 0 Å². The van der Waals surface area contributed by atoms with Gasteiger partial charge in [0.1, 0.15) is 5.56 Å². The highest BCUT2D eigenvalue weighted by molar-refractivity contribution is 9.10. The molecule has 4 nitrogen and oxygen atoms in total. The maximum atomic E-state index is 12.3. The van der Waals surface area contributed by atoms with Gasteiger partial charge in [-0.25, -0.2) is 4.79 Å². The molecule has 1 aromatic heterocycles. The lowest BCUT2D eigenvalue weighted by atomic mass is 10.1. The van der Waals surface area contributed by atoms with Crippen molar-refractivity contribution in [3.05, 3.63) is 80.6 Å². The van der Waals surface area contributed by atoms with Gasteiger partial charge in [-0.3, -0.25) is 4.79 Å². The minimum Gasteiger partial charge on any atom is -0.493 e. The molecule has 5 heteroatoms. The van der Waals surface area contributed by atoms with Crippen molar-refractivity contribution in [1.82, 2.24) is 0 Å². The van der Waals surface area contributed by atoms with E-state index in [9.17, 15) is 9.59 Å². The molecular weight excluding hydrogens is 372 g/mol. The molecule has 2 aromatic carbocycles. The van der Waals surface area contributed by atoms with Gasteiger partial charge in [-0.1, -0.05) is 46.3 Å². The second-order valence-corrected chi connectivity index (χ2v) is 5.99. The van der Waals surface area contributed by atoms with Crippen LogP contribution in [0, 0.1) is 0 Å². The molecular formula is C19H13BrO4. The molecule has 0 radical (unpaired) electrons. The van der Waals surface area contributed by atoms with Gasteiger partial charge in [0, 0.05) is 9.86 Å². The van der Waals surface area contributed by atoms with Crippen molar-refractivity contribution in [3.63, 3.8) is 0 Å². The summed E-state index contributed by atoms with van der Waals surface area (Å²) in [5.74, 6) is 0.0433. The third kappa shape index (κ3) is 3.31. The topological polar surface area (TPSA) is 56.5 Å². The standard InChI is InChI=1S/C19H13BrO4/c1-23-17-7-3-5-13-11-15(19(22)24-18(13)17)16(21)9-8-12-4-2-6-14(20)10-12/h2-11H,1H3. The molecule has 0 unspecified atom stereocenters. The van der Waals surface area contributed by atoms with E-state index in [-0.39, 0.29) is 5.56 Å². The van der Waals surface area contributed by atoms with E-state index in [1.54, 1.807) is 24.3 Å². The van der Waals surface area contributed by atoms with Crippen LogP contribution in [0.4, 0.5) is 0 Å². The Bertz CT molecular complexity index is 1000. The van der Waals surface area contributed by atoms with E-state index in [1.807, 2.05) is 24.3 Å². The van der Waals surface area contributed by atoms with Gasteiger partial charge >= 0.3 is 5.63 Å². The van der Waals surface area contributed by atoms with Gasteiger partial charge in [-0.15, -0.1) is 0 Å². The zero-order valence-corrected chi connectivity index (χ0v) is 14.4. The predicted octanol–water partition coefficient (Wildman–Crippen LogP) is 4.46. The Morgan fingerprint density at radius 1 is 1.17 bits per heavy atom. The Hall–Kier alpha value is -2.66. The number of allylic oxidation sites excluding steroid dienone is 1. The van der Waals surface area contributed by atoms with E-state index in [0.29, 0.717) is 16.7 Å². The lowest BCUT2D eigenvalue weighted by Crippen LogP contribution is -2.12. The number of para-hydroxylation sites is 1. The van der Waals surface area contributed by atoms with Gasteiger partial charge in [-0.2, -0.15) is 0 Å². The Labute approximate surface area is 146 Å². The highest BCUT2D eigenvalue weighted by Gasteiger charge is 2.13. The van der Waals surface area contributed by atoms with Crippen molar-refractivity contribution in [2.24, 2.45) is 0 Å². The molecule has 0 aliphatic carbocycles. The molecule has 0 spiro atoms. The van der Waals surface area contributed by atoms with E-state index >= 15 is 0 Å². The summed E-state index contributed by atoms with van der Waals surface area (Å²) in [7, 11) is 1.49. The van der Waals surface area contributed by atoms with E-state index < -0.39 is 11.4 Å². The Kier molecular flexibility index (Phi) is 4.62. The number of benzene rings is 2. The number of methoxy groups -OCH3 is 1. The van der Waals surface area contributed by atoms with Crippen LogP contribution in [-0.2, 0) is 0 Å². The van der Waals surface area contributed by atoms with Crippen LogP contribution in [0.15, 0.2) is 68.3 Å². The SMILES string of the molecule is COc1cccc2cc(C(=O)C=Cc3cccc(Br)c3)c(=O)oc12. The van der Waals surface area contributed by atoms with Crippen LogP contribution in [0.2, 0.25) is 0 Å². The smallest absolute Gasteiger partial charge is 0.347 e. The van der Waals surface area contributed by atoms with E-state index in [0.717, 1.165) is 10.0 Å². The van der Waals surface area contributed by atoms with Crippen molar-refractivity contribution in [2.75, 3.05) is 7.11 Å². The summed E-state index contributed by atoms with van der Waals surface area (Å²) in [6.45, 7) is 0. The lowest BCUT2D eigenvalue weighted by molar-refractivity contribution is 0.104. The average Bonchev–Trinajstić information content (AvgIpc) is 2.58. The van der Waals surface area contributed by atoms with Gasteiger partial charge in [-0.05, 0) is 35.9 Å². The quantitative estimate of drug-likeness (QED) is 0.378. The number of fused-ring (bicyclic) bond motifs is 1. The number of hydrogen-bond donors (Lipinski definition) is 0. The third-order valence-corrected chi connectivity index (χ3v) is 3.98. The summed E-state index contributed by atoms with van der Waals surface area (Å²) in [4.78, 5) is 24.5. The summed E-state index contributed by atoms with van der Waals surface area (Å²) >= 11 is 3.37. The normalized spacial score (nSPS) is 11.1. The molecule has 0 saturated carbocycles. The zero-order chi connectivity index (χ0) is 17.1. The van der Waals surface area contributed by atoms with Crippen molar-refractivity contribution < 1.29 is 13.9 Å². The van der Waals surface area contributed by atoms with Crippen LogP contribution in [0.5, 0.6) is 5.75 Å². The van der Waals surface area contributed by atoms with Crippen LogP contribution in [0.1, 0.15) is 15.9 Å². The van der Waals surface area contributed by atoms with Crippen LogP contribution < -0.4 is 10.4 Å². The largest absolute Gasteiger partial charge is 0.493 e. The molecule has 0 N–H and O–H groups in total. The Morgan fingerprint density at radius 2 is 1.96 bits per heavy atom. The summed E-state index contributed by atoms with van der Waals surface area (Å²) in [5, 5.41) is 0.633. The van der Waals surface area contributed by atoms with Crippen LogP contribution in [0.25, 0.3) is 17.0 Å². The molecule has 0 bridgehead atoms. The fourth-order valence-electron chi connectivity index (χ4n) is 2.32. The molecule has 0 saturated heterocycles. The number of hydrogen-bond acceptors (Lipinski definition) is 4. The lowest BCUT2D eigenvalue weighted by Gasteiger charge is -2.04. The van der Waals surface area contributed by atoms with Crippen molar-refractivity contribution in [2.45, 2.75) is 0 Å². The average molecular weight is 385 g/mol. The first-order valence-corrected chi connectivity index (χ1v) is 7.96. The molecule has 0 aliphatic heterocycles. The van der Waals surface area contributed by atoms with Crippen molar-refractivity contribution in [3.8, 4) is 5.75 Å². The van der Waals surface area contributed by atoms with Crippen molar-refractivity contribution >= 4 is 38.8 Å². The van der Waals surface area contributed by atoms with Gasteiger partial charge in [0.15, 0.2) is 17.1 Å². The number of rotatable bonds is 4. The Balaban J connectivity index is 1.98. The molecule has 0 amide bonds. The molecule has 1 heterocycles. The predicted molar refractivity (Wildman–Crippen MR) is 96.5 cm³/mol. The fourth-order valence-corrected chi connectivity index (χ4v) is 2.74. The molecule has 120 valence electrons. The van der Waals surface area contributed by atoms with E-state index in [1.165, 1.54) is 19.3 Å². The van der Waals surface area contributed by atoms with Crippen LogP contribution >= 0.6 is 15.9 Å². The first-order valence-electron chi connectivity index (χ1n) is 7.17. The number of ether oxygens (including phenoxy) is 1. The van der Waals surface area contributed by atoms with Gasteiger partial charge in [0.25, 0.3) is 0 Å². The number of halogens is 1. The number of carbonyl (C=O) groups excluding carboxylic acids is 1. The molecule has 3 aromatic rings. The molecule has 0 atom stereocenters. The number of ketones is 1. The molecule has 24 heavy (non-hydrogen) atoms. The third-order valence-electron chi connectivity index (χ3n) is 3.49. The summed E-state index contributed by atoms with van der Waals surface area (Å²) < 4.78 is 11.3. The van der Waals surface area contributed by atoms with Gasteiger partial charge < -0.3 is 9.15 Å². The Morgan fingerprint density at radius 3 is 2.71 bits per heavy atom. The first-order chi connectivity index (χ1) is 11.6. The minimum absolute atomic E-state index is 0.0120. The van der Waals surface area contributed by atoms with E-state index in [2.05, 4.69) is 15.9 Å². The second-order valence-electron chi connectivity index (χ2n) is 5.08. The highest BCUT2D eigenvalue weighted by atomic mass is 79.9. The molecule has 0 aliphatic rings. The maximum absolute atomic E-state index is 12.3. The first kappa shape index (κ1) is 16.2. The van der Waals surface area contributed by atoms with Crippen LogP contribution in [-0.4, -0.2) is 12.9 Å². The summed E-state index contributed by atoms with van der Waals surface area (Å²) in [6, 6.07) is 14.2. The maximum Gasteiger partial charge on any atom is 0.347 e. The van der Waals surface area contributed by atoms with Gasteiger partial charge in [0.2, 0.25) is 0 Å². The summed E-state index contributed by atoms with van der Waals surface area (Å²) in [5.41, 5.74) is 0.486. The summed E-state index contributed by atoms with van der Waals surface area (Å²) in [6.07, 6.45) is 3.02. The molecule has 0 fully saturated rings. The monoisotopic (exact) mass is 384 g/mol. The fraction of sp³-hybridized carbons (Fsp3) is 0.0526. The molecule has 3 rings (SSSR count). The highest BCUT2D eigenvalue weighted by Crippen LogP contribution is 2.24. The van der Waals surface area contributed by atoms with E-state index in [4.69, 9.17) is 9.15 Å². The zero-order valence-electron chi connectivity index (χ0n) is 12.8. The minimum atomic E-state index is -0.684. The number of carbonyl (C=O) groups is 1. The van der Waals surface area contributed by atoms with Gasteiger partial charge in [0.05, 0.1) is 7.11 Å². The van der Waals surface area contributed by atoms with Crippen molar-refractivity contribution in [1.29, 1.82) is 0 Å².